The van der Waals surface area contributed by atoms with Crippen molar-refractivity contribution in [2.45, 2.75) is 18.7 Å². The molecular formula is C23H16F3N2O7-. The van der Waals surface area contributed by atoms with Crippen LogP contribution in [0, 0.1) is 0 Å². The predicted octanol–water partition coefficient (Wildman–Crippen LogP) is 2.22. The summed E-state index contributed by atoms with van der Waals surface area (Å²) in [5.74, 6) is -2.65. The number of aliphatic carboxylic acids is 1. The van der Waals surface area contributed by atoms with E-state index in [2.05, 4.69) is 4.98 Å². The zero-order valence-electron chi connectivity index (χ0n) is 17.8. The summed E-state index contributed by atoms with van der Waals surface area (Å²) < 4.78 is 50.0. The molecule has 1 atom stereocenters. The zero-order chi connectivity index (χ0) is 25.3. The van der Waals surface area contributed by atoms with Crippen LogP contribution in [-0.4, -0.2) is 42.3 Å². The number of pyridine rings is 1. The molecule has 1 aromatic heterocycles. The van der Waals surface area contributed by atoms with Gasteiger partial charge in [0.05, 0.1) is 24.5 Å². The van der Waals surface area contributed by atoms with Crippen molar-refractivity contribution in [3.05, 3.63) is 64.4 Å². The van der Waals surface area contributed by atoms with Gasteiger partial charge in [0.2, 0.25) is 0 Å². The average Bonchev–Trinajstić information content (AvgIpc) is 3.17. The van der Waals surface area contributed by atoms with E-state index >= 15 is 0 Å². The van der Waals surface area contributed by atoms with E-state index in [1.807, 2.05) is 0 Å². The van der Waals surface area contributed by atoms with Gasteiger partial charge in [-0.25, -0.2) is 4.79 Å². The highest BCUT2D eigenvalue weighted by Crippen LogP contribution is 2.36. The predicted molar refractivity (Wildman–Crippen MR) is 113 cm³/mol. The Labute approximate surface area is 194 Å². The number of hydrogen-bond acceptors (Lipinski definition) is 7. The molecule has 0 bridgehead atoms. The number of nitrogens with zero attached hydrogens (tertiary/aromatic N) is 1. The van der Waals surface area contributed by atoms with Gasteiger partial charge in [-0.2, -0.15) is 13.2 Å². The summed E-state index contributed by atoms with van der Waals surface area (Å²) in [4.78, 5) is 50.4. The van der Waals surface area contributed by atoms with E-state index in [1.54, 1.807) is 0 Å². The van der Waals surface area contributed by atoms with E-state index in [9.17, 15) is 37.5 Å². The molecule has 0 radical (unpaired) electrons. The van der Waals surface area contributed by atoms with Crippen LogP contribution in [0.15, 0.2) is 53.3 Å². The van der Waals surface area contributed by atoms with Gasteiger partial charge in [0.25, 0.3) is 5.56 Å². The molecule has 0 saturated carbocycles. The highest BCUT2D eigenvalue weighted by atomic mass is 19.4. The van der Waals surface area contributed by atoms with Gasteiger partial charge in [-0.05, 0) is 29.7 Å². The SMILES string of the molecule is O=C([O-])CC(=O)OC[C@@H]1CN(c2ccc3cc(-c4ccccc4C(F)(F)F)[nH]c(=O)c3c2)C(=O)O1. The number of hydrogen-bond donors (Lipinski definition) is 1. The van der Waals surface area contributed by atoms with Crippen molar-refractivity contribution < 1.29 is 42.1 Å². The van der Waals surface area contributed by atoms with Crippen molar-refractivity contribution in [1.82, 2.24) is 4.98 Å². The number of carbonyl (C=O) groups excluding carboxylic acids is 3. The molecule has 1 saturated heterocycles. The molecule has 0 aliphatic carbocycles. The molecule has 12 heteroatoms. The number of carbonyl (C=O) groups is 3. The number of cyclic esters (lactones) is 1. The number of nitrogens with one attached hydrogen (secondary N) is 1. The number of anilines is 1. The number of benzene rings is 2. The molecule has 2 heterocycles. The third kappa shape index (κ3) is 5.10. The fourth-order valence-corrected chi connectivity index (χ4v) is 3.70. The van der Waals surface area contributed by atoms with Crippen LogP contribution < -0.4 is 15.6 Å². The second-order valence-corrected chi connectivity index (χ2v) is 7.68. The first-order valence-electron chi connectivity index (χ1n) is 10.2. The molecule has 0 unspecified atom stereocenters. The van der Waals surface area contributed by atoms with Gasteiger partial charge in [0, 0.05) is 22.3 Å². The van der Waals surface area contributed by atoms with Crippen LogP contribution in [0.25, 0.3) is 22.0 Å². The zero-order valence-corrected chi connectivity index (χ0v) is 17.8. The minimum atomic E-state index is -4.61. The number of H-pyrrole nitrogens is 1. The fourth-order valence-electron chi connectivity index (χ4n) is 3.70. The third-order valence-electron chi connectivity index (χ3n) is 5.26. The molecule has 3 aromatic rings. The number of alkyl halides is 3. The molecule has 9 nitrogen and oxygen atoms in total. The summed E-state index contributed by atoms with van der Waals surface area (Å²) in [6, 6.07) is 10.6. The molecule has 0 spiro atoms. The van der Waals surface area contributed by atoms with Crippen LogP contribution in [0.5, 0.6) is 0 Å². The van der Waals surface area contributed by atoms with Crippen LogP contribution in [0.3, 0.4) is 0 Å². The number of ether oxygens (including phenoxy) is 2. The first kappa shape index (κ1) is 23.8. The molecule has 1 amide bonds. The topological polar surface area (TPSA) is 129 Å². The Bertz CT molecular complexity index is 1380. The third-order valence-corrected chi connectivity index (χ3v) is 5.26. The Kier molecular flexibility index (Phi) is 6.20. The standard InChI is InChI=1S/C23H17F3N2O7/c24-23(25,26)17-4-2-1-3-15(17)18-7-12-5-6-13(8-16(12)21(32)27-18)28-10-14(35-22(28)33)11-34-20(31)9-19(29)30/h1-8,14H,9-11H2,(H,27,32)(H,29,30)/p-1/t14-/m0/s1. The summed E-state index contributed by atoms with van der Waals surface area (Å²) in [7, 11) is 0. The maximum Gasteiger partial charge on any atom is 0.417 e. The normalized spacial score (nSPS) is 15.8. The van der Waals surface area contributed by atoms with Gasteiger partial charge in [0.1, 0.15) is 6.61 Å². The number of rotatable bonds is 6. The summed E-state index contributed by atoms with van der Waals surface area (Å²) in [6.45, 7) is -0.414. The minimum absolute atomic E-state index is 0.0119. The van der Waals surface area contributed by atoms with Crippen molar-refractivity contribution in [3.63, 3.8) is 0 Å². The Morgan fingerprint density at radius 3 is 2.60 bits per heavy atom. The summed E-state index contributed by atoms with van der Waals surface area (Å²) in [5, 5.41) is 10.9. The lowest BCUT2D eigenvalue weighted by molar-refractivity contribution is -0.305. The first-order chi connectivity index (χ1) is 16.5. The van der Waals surface area contributed by atoms with E-state index in [1.165, 1.54) is 47.4 Å². The largest absolute Gasteiger partial charge is 0.550 e. The van der Waals surface area contributed by atoms with Crippen molar-refractivity contribution in [2.75, 3.05) is 18.1 Å². The minimum Gasteiger partial charge on any atom is -0.550 e. The Balaban J connectivity index is 1.58. The average molecular weight is 489 g/mol. The number of carboxylic acids is 1. The number of esters is 1. The molecule has 1 aliphatic heterocycles. The number of fused-ring (bicyclic) bond motifs is 1. The number of halogens is 3. The molecule has 2 aromatic carbocycles. The van der Waals surface area contributed by atoms with E-state index < -0.39 is 47.9 Å². The van der Waals surface area contributed by atoms with Gasteiger partial charge in [-0.1, -0.05) is 24.3 Å². The summed E-state index contributed by atoms with van der Waals surface area (Å²) in [5.41, 5.74) is -1.46. The summed E-state index contributed by atoms with van der Waals surface area (Å²) >= 11 is 0. The molecule has 1 fully saturated rings. The molecule has 1 aliphatic rings. The second kappa shape index (κ2) is 9.12. The quantitative estimate of drug-likeness (QED) is 0.415. The highest BCUT2D eigenvalue weighted by molar-refractivity contribution is 5.95. The Morgan fingerprint density at radius 2 is 1.89 bits per heavy atom. The number of amides is 1. The van der Waals surface area contributed by atoms with E-state index in [-0.39, 0.29) is 35.5 Å². The lowest BCUT2D eigenvalue weighted by Crippen LogP contribution is -2.29. The van der Waals surface area contributed by atoms with Gasteiger partial charge < -0.3 is 24.4 Å². The highest BCUT2D eigenvalue weighted by Gasteiger charge is 2.34. The Hall–Kier alpha value is -4.35. The Morgan fingerprint density at radius 1 is 1.14 bits per heavy atom. The molecule has 1 N–H and O–H groups in total. The molecular weight excluding hydrogens is 473 g/mol. The van der Waals surface area contributed by atoms with Crippen molar-refractivity contribution in [3.8, 4) is 11.3 Å². The van der Waals surface area contributed by atoms with Crippen LogP contribution in [0.1, 0.15) is 12.0 Å². The van der Waals surface area contributed by atoms with Crippen molar-refractivity contribution >= 4 is 34.5 Å². The molecule has 182 valence electrons. The number of carboxylic acid groups (broad SMARTS) is 1. The maximum absolute atomic E-state index is 13.4. The molecule has 4 rings (SSSR count). The molecule has 35 heavy (non-hydrogen) atoms. The van der Waals surface area contributed by atoms with Gasteiger partial charge in [-0.3, -0.25) is 14.5 Å². The number of aromatic nitrogens is 1. The van der Waals surface area contributed by atoms with E-state index in [0.717, 1.165) is 6.07 Å². The lowest BCUT2D eigenvalue weighted by Gasteiger charge is -2.15. The van der Waals surface area contributed by atoms with Crippen LogP contribution in [-0.2, 0) is 25.2 Å². The van der Waals surface area contributed by atoms with Crippen LogP contribution in [0.4, 0.5) is 23.7 Å². The van der Waals surface area contributed by atoms with Crippen molar-refractivity contribution in [2.24, 2.45) is 0 Å². The van der Waals surface area contributed by atoms with Gasteiger partial charge in [0.15, 0.2) is 6.10 Å². The fraction of sp³-hybridized carbons (Fsp3) is 0.217. The second-order valence-electron chi connectivity index (χ2n) is 7.68. The first-order valence-corrected chi connectivity index (χ1v) is 10.2. The van der Waals surface area contributed by atoms with Crippen molar-refractivity contribution in [1.29, 1.82) is 0 Å². The van der Waals surface area contributed by atoms with Gasteiger partial charge in [-0.15, -0.1) is 0 Å². The smallest absolute Gasteiger partial charge is 0.417 e. The van der Waals surface area contributed by atoms with Gasteiger partial charge >= 0.3 is 18.2 Å². The van der Waals surface area contributed by atoms with E-state index in [4.69, 9.17) is 9.47 Å². The number of aromatic amines is 1. The van der Waals surface area contributed by atoms with E-state index in [0.29, 0.717) is 5.39 Å². The monoisotopic (exact) mass is 489 g/mol. The summed E-state index contributed by atoms with van der Waals surface area (Å²) in [6.07, 6.45) is -7.20. The van der Waals surface area contributed by atoms with Crippen LogP contribution >= 0.6 is 0 Å². The maximum atomic E-state index is 13.4. The van der Waals surface area contributed by atoms with Crippen LogP contribution in [0.2, 0.25) is 0 Å². The lowest BCUT2D eigenvalue weighted by atomic mass is 10.0.